The van der Waals surface area contributed by atoms with Gasteiger partial charge in [0.05, 0.1) is 33.5 Å². The zero-order valence-electron chi connectivity index (χ0n) is 22.5. The maximum absolute atomic E-state index is 13.7. The molecular formula is C31H30Cl2FN5O2. The van der Waals surface area contributed by atoms with Crippen LogP contribution in [0.3, 0.4) is 0 Å². The molecule has 10 heteroatoms. The molecule has 0 N–H and O–H groups in total. The van der Waals surface area contributed by atoms with Crippen LogP contribution in [-0.2, 0) is 11.3 Å². The molecular weight excluding hydrogens is 564 g/mol. The summed E-state index contributed by atoms with van der Waals surface area (Å²) in [6.45, 7) is 4.06. The number of amides is 2. The van der Waals surface area contributed by atoms with Crippen molar-refractivity contribution in [3.8, 4) is 5.69 Å². The summed E-state index contributed by atoms with van der Waals surface area (Å²) < 4.78 is 15.7. The van der Waals surface area contributed by atoms with Crippen molar-refractivity contribution in [1.29, 1.82) is 0 Å². The summed E-state index contributed by atoms with van der Waals surface area (Å²) >= 11 is 12.1. The lowest BCUT2D eigenvalue weighted by Gasteiger charge is -2.39. The minimum Gasteiger partial charge on any atom is -0.339 e. The molecule has 4 aromatic rings. The van der Waals surface area contributed by atoms with Crippen molar-refractivity contribution >= 4 is 46.0 Å². The molecule has 0 radical (unpaired) electrons. The Morgan fingerprint density at radius 3 is 2.37 bits per heavy atom. The number of hydrogen-bond donors (Lipinski definition) is 0. The number of hydrogen-bond acceptors (Lipinski definition) is 4. The Labute approximate surface area is 248 Å². The lowest BCUT2D eigenvalue weighted by molar-refractivity contribution is -0.139. The predicted molar refractivity (Wildman–Crippen MR) is 158 cm³/mol. The van der Waals surface area contributed by atoms with Gasteiger partial charge in [0.2, 0.25) is 5.91 Å². The van der Waals surface area contributed by atoms with E-state index in [9.17, 15) is 14.0 Å². The largest absolute Gasteiger partial charge is 0.339 e. The van der Waals surface area contributed by atoms with Crippen LogP contribution in [0, 0.1) is 11.7 Å². The summed E-state index contributed by atoms with van der Waals surface area (Å²) in [4.78, 5) is 37.3. The third kappa shape index (κ3) is 5.82. The number of halogens is 3. The molecule has 212 valence electrons. The van der Waals surface area contributed by atoms with E-state index in [1.807, 2.05) is 29.2 Å². The Morgan fingerprint density at radius 2 is 1.61 bits per heavy atom. The maximum atomic E-state index is 13.7. The summed E-state index contributed by atoms with van der Waals surface area (Å²) in [5, 5.41) is 0.759. The molecule has 0 bridgehead atoms. The van der Waals surface area contributed by atoms with Gasteiger partial charge in [0.1, 0.15) is 11.6 Å². The molecule has 0 aliphatic carbocycles. The predicted octanol–water partition coefficient (Wildman–Crippen LogP) is 5.67. The van der Waals surface area contributed by atoms with E-state index in [0.717, 1.165) is 41.9 Å². The molecule has 3 aromatic carbocycles. The molecule has 0 unspecified atom stereocenters. The highest BCUT2D eigenvalue weighted by molar-refractivity contribution is 6.42. The molecule has 2 saturated heterocycles. The number of aromatic nitrogens is 2. The highest BCUT2D eigenvalue weighted by Crippen LogP contribution is 2.27. The Bertz CT molecular complexity index is 1580. The number of piperazine rings is 1. The van der Waals surface area contributed by atoms with Crippen LogP contribution >= 0.6 is 23.2 Å². The zero-order valence-corrected chi connectivity index (χ0v) is 24.0. The Balaban J connectivity index is 1.11. The van der Waals surface area contributed by atoms with Crippen LogP contribution < -0.4 is 0 Å². The first kappa shape index (κ1) is 27.7. The van der Waals surface area contributed by atoms with Crippen molar-refractivity contribution < 1.29 is 14.0 Å². The number of para-hydroxylation sites is 2. The smallest absolute Gasteiger partial charge is 0.254 e. The minimum atomic E-state index is -0.281. The van der Waals surface area contributed by atoms with Gasteiger partial charge in [-0.2, -0.15) is 0 Å². The quantitative estimate of drug-likeness (QED) is 0.299. The van der Waals surface area contributed by atoms with Gasteiger partial charge in [-0.3, -0.25) is 19.1 Å². The normalized spacial score (nSPS) is 18.2. The molecule has 1 atom stereocenters. The topological polar surface area (TPSA) is 61.7 Å². The number of fused-ring (bicyclic) bond motifs is 1. The van der Waals surface area contributed by atoms with Gasteiger partial charge in [0.15, 0.2) is 0 Å². The number of piperidine rings is 1. The van der Waals surface area contributed by atoms with E-state index in [4.69, 9.17) is 28.2 Å². The van der Waals surface area contributed by atoms with E-state index >= 15 is 0 Å². The van der Waals surface area contributed by atoms with Gasteiger partial charge in [-0.15, -0.1) is 0 Å². The number of carbonyl (C=O) groups excluding carboxylic acids is 2. The Morgan fingerprint density at radius 1 is 0.878 bits per heavy atom. The van der Waals surface area contributed by atoms with Gasteiger partial charge in [-0.25, -0.2) is 9.37 Å². The van der Waals surface area contributed by atoms with E-state index in [1.165, 1.54) is 12.1 Å². The molecule has 2 aliphatic heterocycles. The number of carbonyl (C=O) groups is 2. The fourth-order valence-corrected chi connectivity index (χ4v) is 6.16. The summed E-state index contributed by atoms with van der Waals surface area (Å²) in [7, 11) is 0. The molecule has 0 spiro atoms. The number of imidazole rings is 1. The van der Waals surface area contributed by atoms with Gasteiger partial charge in [-0.1, -0.05) is 35.3 Å². The second-order valence-electron chi connectivity index (χ2n) is 10.6. The van der Waals surface area contributed by atoms with Crippen molar-refractivity contribution in [2.75, 3.05) is 39.3 Å². The first-order chi connectivity index (χ1) is 19.9. The molecule has 2 fully saturated rings. The highest BCUT2D eigenvalue weighted by Gasteiger charge is 2.32. The van der Waals surface area contributed by atoms with Crippen LogP contribution in [0.5, 0.6) is 0 Å². The Kier molecular flexibility index (Phi) is 7.97. The summed E-state index contributed by atoms with van der Waals surface area (Å²) in [6, 6.07) is 19.3. The average Bonchev–Trinajstić information content (AvgIpc) is 3.36. The van der Waals surface area contributed by atoms with Gasteiger partial charge < -0.3 is 9.80 Å². The molecule has 7 nitrogen and oxygen atoms in total. The highest BCUT2D eigenvalue weighted by atomic mass is 35.5. The molecule has 3 heterocycles. The standard InChI is InChI=1S/C31H30Cl2FN5O2/c32-25-12-7-21(18-26(25)33)30(40)37-14-16-38(17-15-37)31(41)22-4-3-13-36(19-22)20-29-35-27-5-1-2-6-28(27)39(29)24-10-8-23(34)9-11-24/h1-2,5-12,18,22H,3-4,13-17,19-20H2/t22-/m1/s1. The van der Waals surface area contributed by atoms with E-state index in [-0.39, 0.29) is 23.5 Å². The first-order valence-electron chi connectivity index (χ1n) is 13.8. The lowest BCUT2D eigenvalue weighted by atomic mass is 9.96. The van der Waals surface area contributed by atoms with Crippen LogP contribution in [0.1, 0.15) is 29.0 Å². The molecule has 2 aliphatic rings. The van der Waals surface area contributed by atoms with E-state index in [2.05, 4.69) is 9.47 Å². The van der Waals surface area contributed by atoms with E-state index < -0.39 is 0 Å². The van der Waals surface area contributed by atoms with Crippen molar-refractivity contribution in [3.63, 3.8) is 0 Å². The van der Waals surface area contributed by atoms with E-state index in [0.29, 0.717) is 54.9 Å². The third-order valence-electron chi connectivity index (χ3n) is 7.98. The van der Waals surface area contributed by atoms with Crippen LogP contribution in [0.25, 0.3) is 16.7 Å². The molecule has 0 saturated carbocycles. The van der Waals surface area contributed by atoms with Crippen LogP contribution in [0.2, 0.25) is 10.0 Å². The monoisotopic (exact) mass is 593 g/mol. The summed E-state index contributed by atoms with van der Waals surface area (Å²) in [6.07, 6.45) is 1.76. The van der Waals surface area contributed by atoms with Gasteiger partial charge in [0, 0.05) is 44.0 Å². The molecule has 6 rings (SSSR count). The van der Waals surface area contributed by atoms with E-state index in [1.54, 1.807) is 35.2 Å². The molecule has 1 aromatic heterocycles. The number of benzene rings is 3. The van der Waals surface area contributed by atoms with Crippen molar-refractivity contribution in [2.24, 2.45) is 5.92 Å². The minimum absolute atomic E-state index is 0.107. The number of rotatable bonds is 5. The van der Waals surface area contributed by atoms with Crippen molar-refractivity contribution in [1.82, 2.24) is 24.3 Å². The van der Waals surface area contributed by atoms with Crippen LogP contribution in [-0.4, -0.2) is 75.3 Å². The third-order valence-corrected chi connectivity index (χ3v) is 8.72. The lowest BCUT2D eigenvalue weighted by Crippen LogP contribution is -2.53. The molecule has 41 heavy (non-hydrogen) atoms. The summed E-state index contributed by atoms with van der Waals surface area (Å²) in [5.41, 5.74) is 3.19. The van der Waals surface area contributed by atoms with Gasteiger partial charge in [0.25, 0.3) is 5.91 Å². The Hall–Kier alpha value is -3.46. The van der Waals surface area contributed by atoms with Gasteiger partial charge >= 0.3 is 0 Å². The number of likely N-dealkylation sites (tertiary alicyclic amines) is 1. The van der Waals surface area contributed by atoms with Crippen LogP contribution in [0.15, 0.2) is 66.7 Å². The first-order valence-corrected chi connectivity index (χ1v) is 14.6. The SMILES string of the molecule is O=C(c1ccc(Cl)c(Cl)c1)N1CCN(C(=O)[C@@H]2CCCN(Cc3nc4ccccc4n3-c3ccc(F)cc3)C2)CC1. The second-order valence-corrected chi connectivity index (χ2v) is 11.5. The zero-order chi connectivity index (χ0) is 28.5. The fraction of sp³-hybridized carbons (Fsp3) is 0.323. The number of nitrogens with zero attached hydrogens (tertiary/aromatic N) is 5. The fourth-order valence-electron chi connectivity index (χ4n) is 5.86. The van der Waals surface area contributed by atoms with Crippen molar-refractivity contribution in [3.05, 3.63) is 94.0 Å². The van der Waals surface area contributed by atoms with Crippen molar-refractivity contribution in [2.45, 2.75) is 19.4 Å². The second kappa shape index (κ2) is 11.8. The summed E-state index contributed by atoms with van der Waals surface area (Å²) in [5.74, 6) is 0.508. The average molecular weight is 595 g/mol. The maximum Gasteiger partial charge on any atom is 0.254 e. The van der Waals surface area contributed by atoms with Gasteiger partial charge in [-0.05, 0) is 74.0 Å². The van der Waals surface area contributed by atoms with Crippen LogP contribution in [0.4, 0.5) is 4.39 Å². The molecule has 2 amide bonds.